The first kappa shape index (κ1) is 51.4. The van der Waals surface area contributed by atoms with E-state index < -0.39 is 0 Å². The van der Waals surface area contributed by atoms with Crippen molar-refractivity contribution in [3.8, 4) is 62.4 Å². The molecule has 10 heteroatoms. The minimum Gasteiger partial charge on any atom is -0.521 e. The van der Waals surface area contributed by atoms with Crippen molar-refractivity contribution in [2.24, 2.45) is 0 Å². The number of para-hydroxylation sites is 6. The van der Waals surface area contributed by atoms with E-state index in [1.165, 1.54) is 11.0 Å². The number of nitrogens with zero attached hydrogens (tertiary/aromatic N) is 6. The Balaban J connectivity index is 0.00000600. The Labute approximate surface area is 513 Å². The predicted molar refractivity (Wildman–Crippen MR) is 344 cm³/mol. The second kappa shape index (κ2) is 20.0. The van der Waals surface area contributed by atoms with Crippen LogP contribution in [0.25, 0.3) is 72.3 Å². The Morgan fingerprint density at radius 2 is 1.13 bits per heavy atom. The standard InChI is InChI=1S/C76H51BN6O2.Pt/c1-76(2,3)51-43-44-78-69(45-51)83-59-34-17-16-31-57(59)58-42-41-54(46-65(58)83)84-68-47-66(79-48-80(61-36-19-18-35-60(61)79)73-55(49-23-8-4-9-24-49)32-20-33-56(73)50-25-10-5-11-26-50)75-72-74(68)82(53-29-14-7-15-30-53)63-38-21-37-62-70(63)77(72)71-64(39-22-40-67(71)85-75)81(62)52-27-12-6-13-28-52;/h4-45H,1-3H3;/q-2;. The molecule has 0 amide bonds. The summed E-state index contributed by atoms with van der Waals surface area (Å²) in [5, 5.41) is 2.14. The molecule has 0 saturated carbocycles. The Bertz CT molecular complexity index is 4960. The van der Waals surface area contributed by atoms with Crippen LogP contribution >= 0.6 is 0 Å². The zero-order chi connectivity index (χ0) is 56.5. The third-order valence-corrected chi connectivity index (χ3v) is 17.1. The third kappa shape index (κ3) is 7.88. The number of fused-ring (bicyclic) bond motifs is 4. The van der Waals surface area contributed by atoms with Gasteiger partial charge in [-0.1, -0.05) is 196 Å². The third-order valence-electron chi connectivity index (χ3n) is 17.1. The predicted octanol–water partition coefficient (Wildman–Crippen LogP) is 16.4. The zero-order valence-corrected chi connectivity index (χ0v) is 49.4. The van der Waals surface area contributed by atoms with Crippen LogP contribution in [0.1, 0.15) is 26.3 Å². The normalized spacial score (nSPS) is 12.8. The SMILES string of the molecule is CC(C)(C)c1ccnc(-n2c3[c-]c(Oc4[c-]c(-n5[c-][n+](-c6c(-c7ccccc7)cccc6-c6ccccc6)c6ccccc65)c5c6c4N(c4ccccc4)c4cccc7c4B6c4c(cccc4N7c4ccccc4)O5)ccc3c3ccccc32)c1.[Pt]. The van der Waals surface area contributed by atoms with Crippen LogP contribution in [0.3, 0.4) is 0 Å². The maximum Gasteiger partial charge on any atom is 0.268 e. The van der Waals surface area contributed by atoms with Gasteiger partial charge in [-0.15, -0.1) is 29.0 Å². The molecule has 17 rings (SSSR count). The van der Waals surface area contributed by atoms with Gasteiger partial charge >= 0.3 is 0 Å². The summed E-state index contributed by atoms with van der Waals surface area (Å²) < 4.78 is 21.9. The van der Waals surface area contributed by atoms with Crippen LogP contribution in [-0.2, 0) is 26.5 Å². The monoisotopic (exact) mass is 1290 g/mol. The summed E-state index contributed by atoms with van der Waals surface area (Å²) in [4.78, 5) is 9.77. The molecule has 0 radical (unpaired) electrons. The first-order valence-corrected chi connectivity index (χ1v) is 28.9. The van der Waals surface area contributed by atoms with Crippen LogP contribution in [0.2, 0.25) is 0 Å². The van der Waals surface area contributed by atoms with Crippen molar-refractivity contribution in [1.29, 1.82) is 0 Å². The van der Waals surface area contributed by atoms with E-state index in [1.807, 2.05) is 12.3 Å². The van der Waals surface area contributed by atoms with Gasteiger partial charge in [0.2, 0.25) is 6.71 Å². The minimum absolute atomic E-state index is 0. The number of hydrogen-bond donors (Lipinski definition) is 0. The molecule has 0 saturated heterocycles. The van der Waals surface area contributed by atoms with Gasteiger partial charge in [-0.25, -0.2) is 4.98 Å². The Morgan fingerprint density at radius 1 is 0.535 bits per heavy atom. The fraction of sp³-hybridized carbons (Fsp3) is 0.0526. The van der Waals surface area contributed by atoms with Gasteiger partial charge in [0.05, 0.1) is 16.7 Å². The Hall–Kier alpha value is -10.2. The summed E-state index contributed by atoms with van der Waals surface area (Å²) in [6.45, 7) is 6.42. The maximum absolute atomic E-state index is 7.64. The summed E-state index contributed by atoms with van der Waals surface area (Å²) in [7, 11) is 0. The molecule has 412 valence electrons. The first-order chi connectivity index (χ1) is 41.8. The number of aromatic nitrogens is 4. The van der Waals surface area contributed by atoms with Gasteiger partial charge in [-0.05, 0) is 128 Å². The van der Waals surface area contributed by atoms with Gasteiger partial charge in [-0.2, -0.15) is 6.07 Å². The van der Waals surface area contributed by atoms with E-state index in [-0.39, 0.29) is 33.2 Å². The molecule has 0 fully saturated rings. The fourth-order valence-corrected chi connectivity index (χ4v) is 13.4. The molecule has 0 atom stereocenters. The van der Waals surface area contributed by atoms with E-state index in [1.54, 1.807) is 0 Å². The van der Waals surface area contributed by atoms with Crippen molar-refractivity contribution in [3.05, 3.63) is 279 Å². The molecule has 86 heavy (non-hydrogen) atoms. The molecular weight excluding hydrogens is 1230 g/mol. The van der Waals surface area contributed by atoms with E-state index in [4.69, 9.17) is 14.5 Å². The average molecular weight is 1290 g/mol. The van der Waals surface area contributed by atoms with Crippen molar-refractivity contribution >= 4 is 90.1 Å². The van der Waals surface area contributed by atoms with Crippen molar-refractivity contribution in [3.63, 3.8) is 0 Å². The van der Waals surface area contributed by atoms with E-state index in [2.05, 4.69) is 305 Å². The second-order valence-corrected chi connectivity index (χ2v) is 23.1. The number of rotatable bonds is 9. The molecule has 3 aliphatic heterocycles. The van der Waals surface area contributed by atoms with Crippen LogP contribution in [0.4, 0.5) is 34.1 Å². The number of anilines is 6. The number of pyridine rings is 1. The van der Waals surface area contributed by atoms with E-state index >= 15 is 0 Å². The first-order valence-electron chi connectivity index (χ1n) is 28.9. The topological polar surface area (TPSA) is 51.6 Å². The van der Waals surface area contributed by atoms with E-state index in [9.17, 15) is 0 Å². The molecule has 3 aliphatic rings. The van der Waals surface area contributed by atoms with Crippen molar-refractivity contribution in [1.82, 2.24) is 14.1 Å². The van der Waals surface area contributed by atoms with Gasteiger partial charge in [0.25, 0.3) is 6.33 Å². The van der Waals surface area contributed by atoms with Crippen molar-refractivity contribution < 1.29 is 35.1 Å². The molecule has 6 heterocycles. The molecule has 0 bridgehead atoms. The van der Waals surface area contributed by atoms with Crippen LogP contribution in [0, 0.1) is 18.5 Å². The van der Waals surface area contributed by atoms with Gasteiger partial charge in [0.1, 0.15) is 11.6 Å². The largest absolute Gasteiger partial charge is 0.521 e. The molecule has 8 nitrogen and oxygen atoms in total. The molecular formula is C76H51BN6O2Pt-2. The van der Waals surface area contributed by atoms with Gasteiger partial charge in [-0.3, -0.25) is 4.57 Å². The van der Waals surface area contributed by atoms with Crippen molar-refractivity contribution in [2.75, 3.05) is 9.80 Å². The van der Waals surface area contributed by atoms with Crippen LogP contribution in [-0.4, -0.2) is 20.8 Å². The molecule has 3 aromatic heterocycles. The number of benzene rings is 11. The second-order valence-electron chi connectivity index (χ2n) is 23.1. The Kier molecular flexibility index (Phi) is 11.9. The fourth-order valence-electron chi connectivity index (χ4n) is 13.4. The molecule has 0 aliphatic carbocycles. The quantitative estimate of drug-likeness (QED) is 0.0819. The van der Waals surface area contributed by atoms with Gasteiger partial charge in [0, 0.05) is 78.5 Å². The Morgan fingerprint density at radius 3 is 1.83 bits per heavy atom. The van der Waals surface area contributed by atoms with Crippen molar-refractivity contribution in [2.45, 2.75) is 26.2 Å². The average Bonchev–Trinajstić information content (AvgIpc) is 0.779. The van der Waals surface area contributed by atoms with E-state index in [0.29, 0.717) is 22.9 Å². The summed E-state index contributed by atoms with van der Waals surface area (Å²) in [6.07, 6.45) is 5.91. The van der Waals surface area contributed by atoms with Crippen LogP contribution in [0.15, 0.2) is 255 Å². The van der Waals surface area contributed by atoms with Crippen LogP contribution in [0.5, 0.6) is 23.0 Å². The zero-order valence-electron chi connectivity index (χ0n) is 47.1. The summed E-state index contributed by atoms with van der Waals surface area (Å²) in [5.74, 6) is 3.28. The van der Waals surface area contributed by atoms with Crippen LogP contribution < -0.4 is 40.2 Å². The number of imidazole rings is 1. The van der Waals surface area contributed by atoms with Gasteiger partial charge in [0.15, 0.2) is 0 Å². The van der Waals surface area contributed by atoms with Gasteiger partial charge < -0.3 is 28.4 Å². The number of ether oxygens (including phenoxy) is 2. The smallest absolute Gasteiger partial charge is 0.268 e. The summed E-state index contributed by atoms with van der Waals surface area (Å²) >= 11 is 0. The summed E-state index contributed by atoms with van der Waals surface area (Å²) in [5.41, 5.74) is 20.0. The molecule has 0 N–H and O–H groups in total. The van der Waals surface area contributed by atoms with E-state index in [0.717, 1.165) is 117 Å². The number of hydrogen-bond acceptors (Lipinski definition) is 5. The molecule has 11 aromatic carbocycles. The maximum atomic E-state index is 7.64. The minimum atomic E-state index is -0.292. The molecule has 0 spiro atoms. The molecule has 14 aromatic rings. The summed E-state index contributed by atoms with van der Waals surface area (Å²) in [6, 6.07) is 95.7. The molecule has 0 unspecified atom stereocenters.